The zero-order valence-electron chi connectivity index (χ0n) is 11.1. The van der Waals surface area contributed by atoms with Crippen molar-refractivity contribution in [3.8, 4) is 6.07 Å². The Morgan fingerprint density at radius 2 is 1.94 bits per heavy atom. The molecule has 0 aromatic carbocycles. The first-order chi connectivity index (χ1) is 8.13. The maximum atomic E-state index is 12.0. The first kappa shape index (κ1) is 14.0. The predicted octanol–water partition coefficient (Wildman–Crippen LogP) is 3.16. The van der Waals surface area contributed by atoms with E-state index in [1.165, 1.54) is 12.8 Å². The Hall–Kier alpha value is -1.04. The first-order valence-corrected chi connectivity index (χ1v) is 6.87. The van der Waals surface area contributed by atoms with Crippen molar-refractivity contribution in [2.45, 2.75) is 70.8 Å². The summed E-state index contributed by atoms with van der Waals surface area (Å²) in [7, 11) is 0. The molecule has 1 N–H and O–H groups in total. The van der Waals surface area contributed by atoms with Gasteiger partial charge in [0.25, 0.3) is 0 Å². The molecule has 1 fully saturated rings. The second-order valence-electron chi connectivity index (χ2n) is 5.29. The number of carbonyl (C=O) groups is 1. The Kier molecular flexibility index (Phi) is 5.47. The number of hydrogen-bond donors (Lipinski definition) is 1. The van der Waals surface area contributed by atoms with Crippen LogP contribution < -0.4 is 5.32 Å². The van der Waals surface area contributed by atoms with Gasteiger partial charge in [-0.25, -0.2) is 0 Å². The molecule has 1 unspecified atom stereocenters. The van der Waals surface area contributed by atoms with Gasteiger partial charge in [0, 0.05) is 5.92 Å². The SMILES string of the molecule is CCCC(C)C(=O)NC1(C#N)CCCCCC1. The molecule has 0 saturated heterocycles. The molecule has 0 aromatic heterocycles. The number of carbonyl (C=O) groups excluding carboxylic acids is 1. The van der Waals surface area contributed by atoms with Crippen molar-refractivity contribution in [2.75, 3.05) is 0 Å². The van der Waals surface area contributed by atoms with Gasteiger partial charge in [-0.1, -0.05) is 46.0 Å². The highest BCUT2D eigenvalue weighted by molar-refractivity contribution is 5.79. The first-order valence-electron chi connectivity index (χ1n) is 6.87. The van der Waals surface area contributed by atoms with E-state index in [0.717, 1.165) is 38.5 Å². The van der Waals surface area contributed by atoms with E-state index in [2.05, 4.69) is 18.3 Å². The number of amides is 1. The van der Waals surface area contributed by atoms with E-state index in [4.69, 9.17) is 0 Å². The zero-order chi connectivity index (χ0) is 12.7. The standard InChI is InChI=1S/C14H24N2O/c1-3-8-12(2)13(17)16-14(11-15)9-6-4-5-7-10-14/h12H,3-10H2,1-2H3,(H,16,17). The van der Waals surface area contributed by atoms with Crippen LogP contribution in [0.1, 0.15) is 65.2 Å². The Morgan fingerprint density at radius 3 is 2.41 bits per heavy atom. The molecule has 96 valence electrons. The molecule has 0 radical (unpaired) electrons. The minimum Gasteiger partial charge on any atom is -0.338 e. The monoisotopic (exact) mass is 236 g/mol. The molecular formula is C14H24N2O. The van der Waals surface area contributed by atoms with E-state index < -0.39 is 5.54 Å². The molecule has 17 heavy (non-hydrogen) atoms. The quantitative estimate of drug-likeness (QED) is 0.762. The van der Waals surface area contributed by atoms with Crippen molar-refractivity contribution >= 4 is 5.91 Å². The van der Waals surface area contributed by atoms with Crippen LogP contribution >= 0.6 is 0 Å². The summed E-state index contributed by atoms with van der Waals surface area (Å²) in [4.78, 5) is 12.0. The second-order valence-corrected chi connectivity index (χ2v) is 5.29. The van der Waals surface area contributed by atoms with E-state index in [9.17, 15) is 10.1 Å². The summed E-state index contributed by atoms with van der Waals surface area (Å²) in [5, 5.41) is 12.4. The topological polar surface area (TPSA) is 52.9 Å². The van der Waals surface area contributed by atoms with Gasteiger partial charge < -0.3 is 5.32 Å². The number of nitrogens with one attached hydrogen (secondary N) is 1. The van der Waals surface area contributed by atoms with Crippen LogP contribution in [0.2, 0.25) is 0 Å². The number of nitriles is 1. The van der Waals surface area contributed by atoms with Crippen LogP contribution in [0.3, 0.4) is 0 Å². The van der Waals surface area contributed by atoms with Crippen LogP contribution in [0.25, 0.3) is 0 Å². The lowest BCUT2D eigenvalue weighted by Crippen LogP contribution is -2.48. The average molecular weight is 236 g/mol. The van der Waals surface area contributed by atoms with E-state index in [0.29, 0.717) is 0 Å². The van der Waals surface area contributed by atoms with Crippen molar-refractivity contribution < 1.29 is 4.79 Å². The van der Waals surface area contributed by atoms with E-state index in [1.54, 1.807) is 0 Å². The van der Waals surface area contributed by atoms with Gasteiger partial charge in [-0.15, -0.1) is 0 Å². The third-order valence-electron chi connectivity index (χ3n) is 3.70. The van der Waals surface area contributed by atoms with Crippen molar-refractivity contribution in [1.29, 1.82) is 5.26 Å². The van der Waals surface area contributed by atoms with Gasteiger partial charge in [0.2, 0.25) is 5.91 Å². The molecule has 1 saturated carbocycles. The van der Waals surface area contributed by atoms with E-state index in [1.807, 2.05) is 6.92 Å². The number of hydrogen-bond acceptors (Lipinski definition) is 2. The minimum absolute atomic E-state index is 0.0217. The molecule has 1 aliphatic rings. The third kappa shape index (κ3) is 4.03. The van der Waals surface area contributed by atoms with E-state index in [-0.39, 0.29) is 11.8 Å². The number of nitrogens with zero attached hydrogens (tertiary/aromatic N) is 1. The lowest BCUT2D eigenvalue weighted by atomic mass is 9.90. The summed E-state index contributed by atoms with van der Waals surface area (Å²) in [6.45, 7) is 4.02. The van der Waals surface area contributed by atoms with Gasteiger partial charge in [0.1, 0.15) is 5.54 Å². The second kappa shape index (κ2) is 6.64. The van der Waals surface area contributed by atoms with Crippen molar-refractivity contribution in [1.82, 2.24) is 5.32 Å². The van der Waals surface area contributed by atoms with Gasteiger partial charge in [-0.2, -0.15) is 5.26 Å². The summed E-state index contributed by atoms with van der Waals surface area (Å²) in [6, 6.07) is 2.35. The molecule has 1 aliphatic carbocycles. The fourth-order valence-corrected chi connectivity index (χ4v) is 2.52. The smallest absolute Gasteiger partial charge is 0.224 e. The molecule has 3 heteroatoms. The summed E-state index contributed by atoms with van der Waals surface area (Å²) in [5.74, 6) is 0.0729. The Balaban J connectivity index is 2.61. The average Bonchev–Trinajstić information content (AvgIpc) is 2.55. The molecule has 0 bridgehead atoms. The summed E-state index contributed by atoms with van der Waals surface area (Å²) < 4.78 is 0. The fourth-order valence-electron chi connectivity index (χ4n) is 2.52. The van der Waals surface area contributed by atoms with Crippen LogP contribution in [-0.2, 0) is 4.79 Å². The lowest BCUT2D eigenvalue weighted by molar-refractivity contribution is -0.126. The maximum absolute atomic E-state index is 12.0. The van der Waals surface area contributed by atoms with Crippen molar-refractivity contribution in [3.05, 3.63) is 0 Å². The van der Waals surface area contributed by atoms with E-state index >= 15 is 0 Å². The molecule has 1 atom stereocenters. The van der Waals surface area contributed by atoms with Crippen molar-refractivity contribution in [2.24, 2.45) is 5.92 Å². The Labute approximate surface area is 105 Å². The minimum atomic E-state index is -0.588. The molecule has 0 heterocycles. The van der Waals surface area contributed by atoms with Crippen LogP contribution in [0.5, 0.6) is 0 Å². The summed E-state index contributed by atoms with van der Waals surface area (Å²) in [5.41, 5.74) is -0.588. The molecule has 3 nitrogen and oxygen atoms in total. The van der Waals surface area contributed by atoms with Gasteiger partial charge in [0.05, 0.1) is 6.07 Å². The predicted molar refractivity (Wildman–Crippen MR) is 68.3 cm³/mol. The van der Waals surface area contributed by atoms with Gasteiger partial charge in [-0.3, -0.25) is 4.79 Å². The fraction of sp³-hybridized carbons (Fsp3) is 0.857. The van der Waals surface area contributed by atoms with Crippen LogP contribution in [0.15, 0.2) is 0 Å². The van der Waals surface area contributed by atoms with Crippen LogP contribution in [0, 0.1) is 17.2 Å². The summed E-state index contributed by atoms with van der Waals surface area (Å²) in [6.07, 6.45) is 8.00. The largest absolute Gasteiger partial charge is 0.338 e. The third-order valence-corrected chi connectivity index (χ3v) is 3.70. The van der Waals surface area contributed by atoms with Gasteiger partial charge in [0.15, 0.2) is 0 Å². The molecule has 1 rings (SSSR count). The molecule has 1 amide bonds. The molecule has 0 spiro atoms. The Bertz CT molecular complexity index is 285. The maximum Gasteiger partial charge on any atom is 0.224 e. The highest BCUT2D eigenvalue weighted by atomic mass is 16.2. The van der Waals surface area contributed by atoms with Crippen molar-refractivity contribution in [3.63, 3.8) is 0 Å². The van der Waals surface area contributed by atoms with Crippen LogP contribution in [0.4, 0.5) is 0 Å². The molecular weight excluding hydrogens is 212 g/mol. The summed E-state index contributed by atoms with van der Waals surface area (Å²) >= 11 is 0. The van der Waals surface area contributed by atoms with Crippen LogP contribution in [-0.4, -0.2) is 11.4 Å². The van der Waals surface area contributed by atoms with Gasteiger partial charge in [-0.05, 0) is 19.3 Å². The van der Waals surface area contributed by atoms with Gasteiger partial charge >= 0.3 is 0 Å². The Morgan fingerprint density at radius 1 is 1.35 bits per heavy atom. The number of rotatable bonds is 4. The highest BCUT2D eigenvalue weighted by Crippen LogP contribution is 2.27. The molecule has 0 aliphatic heterocycles. The molecule has 0 aromatic rings. The normalized spacial score (nSPS) is 21.0. The highest BCUT2D eigenvalue weighted by Gasteiger charge is 2.33. The zero-order valence-corrected chi connectivity index (χ0v) is 11.1. The lowest BCUT2D eigenvalue weighted by Gasteiger charge is -2.27.